The van der Waals surface area contributed by atoms with E-state index in [4.69, 9.17) is 4.74 Å². The van der Waals surface area contributed by atoms with Crippen molar-refractivity contribution in [3.05, 3.63) is 64.2 Å². The van der Waals surface area contributed by atoms with Crippen LogP contribution in [0.25, 0.3) is 0 Å². The maximum Gasteiger partial charge on any atom is 0.338 e. The number of esters is 1. The number of hydrogen-bond acceptors (Lipinski definition) is 3. The first-order valence-electron chi connectivity index (χ1n) is 7.00. The number of methoxy groups -OCH3 is 1. The fraction of sp³-hybridized carbons (Fsp3) is 0.222. The Morgan fingerprint density at radius 2 is 1.73 bits per heavy atom. The van der Waals surface area contributed by atoms with Crippen molar-refractivity contribution in [1.29, 1.82) is 0 Å². The molecule has 1 amide bonds. The van der Waals surface area contributed by atoms with Crippen molar-refractivity contribution in [3.8, 4) is 0 Å². The molecule has 0 bridgehead atoms. The quantitative estimate of drug-likeness (QED) is 0.880. The van der Waals surface area contributed by atoms with Crippen LogP contribution in [0.1, 0.15) is 37.4 Å². The Balaban J connectivity index is 2.33. The largest absolute Gasteiger partial charge is 0.465 e. The molecule has 0 spiro atoms. The van der Waals surface area contributed by atoms with Gasteiger partial charge in [-0.05, 0) is 50.1 Å². The van der Waals surface area contributed by atoms with Gasteiger partial charge >= 0.3 is 5.97 Å². The molecule has 2 rings (SSSR count). The van der Waals surface area contributed by atoms with Crippen LogP contribution in [-0.4, -0.2) is 19.0 Å². The van der Waals surface area contributed by atoms with E-state index in [9.17, 15) is 9.59 Å². The van der Waals surface area contributed by atoms with Crippen LogP contribution >= 0.6 is 0 Å². The van der Waals surface area contributed by atoms with Crippen molar-refractivity contribution in [2.45, 2.75) is 20.8 Å². The minimum Gasteiger partial charge on any atom is -0.465 e. The first kappa shape index (κ1) is 15.8. The minimum atomic E-state index is -0.416. The van der Waals surface area contributed by atoms with Gasteiger partial charge in [-0.1, -0.05) is 23.8 Å². The molecular weight excluding hydrogens is 278 g/mol. The van der Waals surface area contributed by atoms with Gasteiger partial charge < -0.3 is 10.1 Å². The molecule has 0 fully saturated rings. The van der Waals surface area contributed by atoms with Crippen LogP contribution in [0.15, 0.2) is 36.4 Å². The minimum absolute atomic E-state index is 0.189. The molecule has 0 saturated heterocycles. The van der Waals surface area contributed by atoms with Crippen LogP contribution in [0.5, 0.6) is 0 Å². The van der Waals surface area contributed by atoms with Crippen LogP contribution in [0.4, 0.5) is 5.69 Å². The third kappa shape index (κ3) is 3.17. The van der Waals surface area contributed by atoms with E-state index in [1.54, 1.807) is 25.1 Å². The van der Waals surface area contributed by atoms with Crippen molar-refractivity contribution in [2.24, 2.45) is 0 Å². The topological polar surface area (TPSA) is 55.4 Å². The molecule has 0 aliphatic heterocycles. The number of anilines is 1. The van der Waals surface area contributed by atoms with Crippen LogP contribution in [0, 0.1) is 20.8 Å². The first-order chi connectivity index (χ1) is 10.4. The van der Waals surface area contributed by atoms with Gasteiger partial charge in [0.25, 0.3) is 5.91 Å². The molecule has 0 aromatic heterocycles. The van der Waals surface area contributed by atoms with Crippen molar-refractivity contribution < 1.29 is 14.3 Å². The normalized spacial score (nSPS) is 10.2. The summed E-state index contributed by atoms with van der Waals surface area (Å²) in [5.41, 5.74) is 4.30. The lowest BCUT2D eigenvalue weighted by molar-refractivity contribution is 0.0599. The van der Waals surface area contributed by atoms with Gasteiger partial charge in [-0.2, -0.15) is 0 Å². The van der Waals surface area contributed by atoms with E-state index in [0.29, 0.717) is 22.4 Å². The summed E-state index contributed by atoms with van der Waals surface area (Å²) in [4.78, 5) is 24.2. The summed E-state index contributed by atoms with van der Waals surface area (Å²) in [6.07, 6.45) is 0. The Hall–Kier alpha value is -2.62. The number of amides is 1. The molecule has 4 heteroatoms. The monoisotopic (exact) mass is 297 g/mol. The molecule has 0 atom stereocenters. The second-order valence-corrected chi connectivity index (χ2v) is 5.24. The zero-order valence-electron chi connectivity index (χ0n) is 13.2. The number of rotatable bonds is 3. The van der Waals surface area contributed by atoms with E-state index in [1.165, 1.54) is 7.11 Å². The second-order valence-electron chi connectivity index (χ2n) is 5.24. The van der Waals surface area contributed by atoms with Crippen LogP contribution < -0.4 is 5.32 Å². The van der Waals surface area contributed by atoms with Gasteiger partial charge in [0.15, 0.2) is 0 Å². The molecule has 114 valence electrons. The van der Waals surface area contributed by atoms with E-state index >= 15 is 0 Å². The lowest BCUT2D eigenvalue weighted by atomic mass is 10.0. The predicted octanol–water partition coefficient (Wildman–Crippen LogP) is 3.65. The van der Waals surface area contributed by atoms with E-state index < -0.39 is 5.97 Å². The highest BCUT2D eigenvalue weighted by Crippen LogP contribution is 2.21. The zero-order valence-corrected chi connectivity index (χ0v) is 13.2. The molecule has 0 radical (unpaired) electrons. The van der Waals surface area contributed by atoms with Gasteiger partial charge in [-0.15, -0.1) is 0 Å². The Kier molecular flexibility index (Phi) is 4.61. The van der Waals surface area contributed by atoms with Crippen molar-refractivity contribution in [1.82, 2.24) is 0 Å². The summed E-state index contributed by atoms with van der Waals surface area (Å²) < 4.78 is 4.74. The van der Waals surface area contributed by atoms with Gasteiger partial charge in [-0.3, -0.25) is 4.79 Å². The van der Waals surface area contributed by atoms with Gasteiger partial charge in [0.05, 0.1) is 12.7 Å². The predicted molar refractivity (Wildman–Crippen MR) is 86.4 cm³/mol. The zero-order chi connectivity index (χ0) is 16.3. The van der Waals surface area contributed by atoms with Gasteiger partial charge in [-0.25, -0.2) is 4.79 Å². The first-order valence-corrected chi connectivity index (χ1v) is 7.00. The Labute approximate surface area is 130 Å². The lowest BCUT2D eigenvalue weighted by Crippen LogP contribution is -2.15. The molecule has 22 heavy (non-hydrogen) atoms. The Morgan fingerprint density at radius 1 is 1.00 bits per heavy atom. The highest BCUT2D eigenvalue weighted by Gasteiger charge is 2.15. The molecular formula is C18H19NO3. The average molecular weight is 297 g/mol. The van der Waals surface area contributed by atoms with E-state index in [0.717, 1.165) is 11.1 Å². The van der Waals surface area contributed by atoms with Crippen molar-refractivity contribution in [3.63, 3.8) is 0 Å². The number of carbonyl (C=O) groups excluding carboxylic acids is 2. The summed E-state index contributed by atoms with van der Waals surface area (Å²) in [6, 6.07) is 10.9. The molecule has 0 aliphatic carbocycles. The summed E-state index contributed by atoms with van der Waals surface area (Å²) in [5, 5.41) is 2.87. The van der Waals surface area contributed by atoms with Gasteiger partial charge in [0.2, 0.25) is 0 Å². The number of benzene rings is 2. The molecule has 2 aromatic rings. The Morgan fingerprint density at radius 3 is 2.41 bits per heavy atom. The van der Waals surface area contributed by atoms with Crippen LogP contribution in [0.2, 0.25) is 0 Å². The number of carbonyl (C=O) groups is 2. The lowest BCUT2D eigenvalue weighted by Gasteiger charge is -2.13. The highest BCUT2D eigenvalue weighted by atomic mass is 16.5. The summed E-state index contributed by atoms with van der Waals surface area (Å²) in [6.45, 7) is 5.62. The standard InChI is InChI=1S/C18H19NO3/c1-11-8-9-12(2)15(10-11)17(20)19-16-7-5-6-14(13(16)3)18(21)22-4/h5-10H,1-4H3,(H,19,20). The Bertz CT molecular complexity index is 735. The number of ether oxygens (including phenoxy) is 1. The summed E-state index contributed by atoms with van der Waals surface area (Å²) in [5.74, 6) is -0.605. The molecule has 1 N–H and O–H groups in total. The SMILES string of the molecule is COC(=O)c1cccc(NC(=O)c2cc(C)ccc2C)c1C. The molecule has 0 aliphatic rings. The van der Waals surface area contributed by atoms with Crippen LogP contribution in [0.3, 0.4) is 0 Å². The maximum absolute atomic E-state index is 12.5. The third-order valence-corrected chi connectivity index (χ3v) is 3.63. The van der Waals surface area contributed by atoms with E-state index in [2.05, 4.69) is 5.32 Å². The maximum atomic E-state index is 12.5. The second kappa shape index (κ2) is 6.43. The summed E-state index contributed by atoms with van der Waals surface area (Å²) >= 11 is 0. The van der Waals surface area contributed by atoms with E-state index in [1.807, 2.05) is 32.0 Å². The third-order valence-electron chi connectivity index (χ3n) is 3.63. The van der Waals surface area contributed by atoms with Crippen molar-refractivity contribution in [2.75, 3.05) is 12.4 Å². The number of hydrogen-bond donors (Lipinski definition) is 1. The fourth-order valence-corrected chi connectivity index (χ4v) is 2.27. The average Bonchev–Trinajstić information content (AvgIpc) is 2.51. The molecule has 0 heterocycles. The molecule has 0 unspecified atom stereocenters. The van der Waals surface area contributed by atoms with Crippen molar-refractivity contribution >= 4 is 17.6 Å². The van der Waals surface area contributed by atoms with Crippen LogP contribution in [-0.2, 0) is 4.74 Å². The fourth-order valence-electron chi connectivity index (χ4n) is 2.27. The summed E-state index contributed by atoms with van der Waals surface area (Å²) in [7, 11) is 1.34. The highest BCUT2D eigenvalue weighted by molar-refractivity contribution is 6.06. The smallest absolute Gasteiger partial charge is 0.338 e. The number of aryl methyl sites for hydroxylation is 2. The van der Waals surface area contributed by atoms with Gasteiger partial charge in [0.1, 0.15) is 0 Å². The van der Waals surface area contributed by atoms with E-state index in [-0.39, 0.29) is 5.91 Å². The van der Waals surface area contributed by atoms with Gasteiger partial charge in [0, 0.05) is 11.3 Å². The number of nitrogens with one attached hydrogen (secondary N) is 1. The molecule has 2 aromatic carbocycles. The molecule has 4 nitrogen and oxygen atoms in total. The molecule has 0 saturated carbocycles.